The van der Waals surface area contributed by atoms with Crippen LogP contribution in [0.3, 0.4) is 0 Å². The summed E-state index contributed by atoms with van der Waals surface area (Å²) < 4.78 is 0. The van der Waals surface area contributed by atoms with Crippen molar-refractivity contribution >= 4 is 40.5 Å². The van der Waals surface area contributed by atoms with E-state index in [0.29, 0.717) is 0 Å². The summed E-state index contributed by atoms with van der Waals surface area (Å²) in [6.07, 6.45) is 0. The zero-order valence-corrected chi connectivity index (χ0v) is 8.61. The predicted molar refractivity (Wildman–Crippen MR) is 22.1 cm³/mol. The van der Waals surface area contributed by atoms with Crippen molar-refractivity contribution in [2.45, 2.75) is 0 Å². The summed E-state index contributed by atoms with van der Waals surface area (Å²) in [7, 11) is 0. The van der Waals surface area contributed by atoms with Crippen LogP contribution in [0.1, 0.15) is 0 Å². The van der Waals surface area contributed by atoms with Gasteiger partial charge in [0.25, 0.3) is 0 Å². The Labute approximate surface area is 84.2 Å². The maximum Gasteiger partial charge on any atom is 3.00 e. The quantitative estimate of drug-likeness (QED) is 0.420. The molecule has 0 aromatic heterocycles. The fourth-order valence-corrected chi connectivity index (χ4v) is 0. The van der Waals surface area contributed by atoms with Crippen LogP contribution in [0.15, 0.2) is 0 Å². The van der Waals surface area contributed by atoms with Gasteiger partial charge in [0.15, 0.2) is 0 Å². The molecular weight excluding hydrogens is 490 g/mol. The smallest absolute Gasteiger partial charge is 2.00 e. The minimum absolute atomic E-state index is 0. The van der Waals surface area contributed by atoms with Gasteiger partial charge in [-0.05, 0) is 0 Å². The molecule has 0 bridgehead atoms. The molecule has 0 heterocycles. The van der Waals surface area contributed by atoms with Crippen LogP contribution in [0.4, 0.5) is 0 Å². The van der Waals surface area contributed by atoms with Crippen molar-refractivity contribution in [1.82, 2.24) is 0 Å². The van der Waals surface area contributed by atoms with Gasteiger partial charge in [0.05, 0.1) is 0 Å². The molecule has 5 heteroatoms. The van der Waals surface area contributed by atoms with Gasteiger partial charge >= 0.3 is 44.8 Å². The Balaban J connectivity index is 0. The van der Waals surface area contributed by atoms with Crippen LogP contribution in [0.2, 0.25) is 0 Å². The average molecular weight is 490 g/mol. The van der Waals surface area contributed by atoms with Crippen LogP contribution in [-0.2, 0) is 85.2 Å². The van der Waals surface area contributed by atoms with E-state index in [1.165, 1.54) is 0 Å². The molecule has 0 aliphatic rings. The molecule has 40 valence electrons. The molecule has 0 aromatic rings. The molecule has 0 aromatic carbocycles. The third-order valence-electron chi connectivity index (χ3n) is 0. The molecule has 0 radical (unpaired) electrons. The van der Waals surface area contributed by atoms with E-state index in [1.807, 2.05) is 0 Å². The Hall–Kier alpha value is 2.53. The van der Waals surface area contributed by atoms with Gasteiger partial charge in [0.1, 0.15) is 0 Å². The molecule has 0 saturated heterocycles. The first-order valence-electron chi connectivity index (χ1n) is 0. The van der Waals surface area contributed by atoms with E-state index >= 15 is 0 Å². The van der Waals surface area contributed by atoms with Crippen LogP contribution in [0.5, 0.6) is 0 Å². The van der Waals surface area contributed by atoms with E-state index in [2.05, 4.69) is 0 Å². The topological polar surface area (TPSA) is 0 Å². The largest absolute Gasteiger partial charge is 3.00 e. The maximum atomic E-state index is 0. The summed E-state index contributed by atoms with van der Waals surface area (Å²) in [5.74, 6) is 0. The van der Waals surface area contributed by atoms with Crippen LogP contribution in [0, 0.1) is 0 Å². The zero-order chi connectivity index (χ0) is 0. The Morgan fingerprint density at radius 1 is 0.400 bits per heavy atom. The van der Waals surface area contributed by atoms with Gasteiger partial charge in [-0.1, -0.05) is 0 Å². The Morgan fingerprint density at radius 2 is 0.400 bits per heavy atom. The van der Waals surface area contributed by atoms with Crippen LogP contribution < -0.4 is 0 Å². The van der Waals surface area contributed by atoms with E-state index in [0.717, 1.165) is 0 Å². The van der Waals surface area contributed by atoms with Crippen molar-refractivity contribution in [1.29, 1.82) is 0 Å². The molecule has 0 nitrogen and oxygen atoms in total. The van der Waals surface area contributed by atoms with Crippen molar-refractivity contribution in [2.75, 3.05) is 0 Å². The minimum atomic E-state index is 0. The standard InChI is InChI=1S/2Au.3S/q2*+3;3*-2. The Bertz CT molecular complexity index is 4.85. The molecule has 0 saturated carbocycles. The summed E-state index contributed by atoms with van der Waals surface area (Å²) in [5.41, 5.74) is 0. The SMILES string of the molecule is [Au+3].[Au+3].[S-2].[S-2].[S-2]. The summed E-state index contributed by atoms with van der Waals surface area (Å²) in [4.78, 5) is 0. The van der Waals surface area contributed by atoms with Crippen molar-refractivity contribution in [3.63, 3.8) is 0 Å². The van der Waals surface area contributed by atoms with Gasteiger partial charge in [-0.15, -0.1) is 0 Å². The van der Waals surface area contributed by atoms with Gasteiger partial charge in [-0.2, -0.15) is 0 Å². The third-order valence-corrected chi connectivity index (χ3v) is 0. The number of hydrogen-bond donors (Lipinski definition) is 0. The molecule has 5 heavy (non-hydrogen) atoms. The Morgan fingerprint density at radius 3 is 0.400 bits per heavy atom. The number of rotatable bonds is 0. The first-order valence-corrected chi connectivity index (χ1v) is 0. The van der Waals surface area contributed by atoms with Crippen molar-refractivity contribution < 1.29 is 44.8 Å². The zero-order valence-electron chi connectivity index (χ0n) is 1.83. The maximum absolute atomic E-state index is 0. The average Bonchev–Trinajstić information content (AvgIpc) is 0. The molecule has 0 atom stereocenters. The normalized spacial score (nSPS) is 0. The Kier molecular flexibility index (Phi) is 313. The summed E-state index contributed by atoms with van der Waals surface area (Å²) in [6.45, 7) is 0. The second-order valence-corrected chi connectivity index (χ2v) is 0. The van der Waals surface area contributed by atoms with E-state index in [1.54, 1.807) is 0 Å². The van der Waals surface area contributed by atoms with Gasteiger partial charge in [-0.3, -0.25) is 0 Å². The van der Waals surface area contributed by atoms with E-state index in [9.17, 15) is 0 Å². The second-order valence-electron chi connectivity index (χ2n) is 0. The molecule has 0 amide bonds. The first-order chi connectivity index (χ1) is 0. The van der Waals surface area contributed by atoms with Crippen LogP contribution in [0.25, 0.3) is 0 Å². The van der Waals surface area contributed by atoms with Gasteiger partial charge in [-0.25, -0.2) is 0 Å². The molecular formula is Au2S3. The molecule has 0 N–H and O–H groups in total. The molecule has 0 aliphatic carbocycles. The van der Waals surface area contributed by atoms with Crippen LogP contribution in [-0.4, -0.2) is 0 Å². The molecule has 0 aliphatic heterocycles. The van der Waals surface area contributed by atoms with Crippen molar-refractivity contribution in [2.24, 2.45) is 0 Å². The van der Waals surface area contributed by atoms with Crippen molar-refractivity contribution in [3.05, 3.63) is 0 Å². The fraction of sp³-hybridized carbons (Fsp3) is 0. The second kappa shape index (κ2) is 31.2. The van der Waals surface area contributed by atoms with E-state index < -0.39 is 0 Å². The molecule has 0 unspecified atom stereocenters. The summed E-state index contributed by atoms with van der Waals surface area (Å²) >= 11 is 0. The summed E-state index contributed by atoms with van der Waals surface area (Å²) in [6, 6.07) is 0. The van der Waals surface area contributed by atoms with E-state index in [-0.39, 0.29) is 85.2 Å². The minimum Gasteiger partial charge on any atom is -2.00 e. The van der Waals surface area contributed by atoms with Crippen molar-refractivity contribution in [3.8, 4) is 0 Å². The summed E-state index contributed by atoms with van der Waals surface area (Å²) in [5, 5.41) is 0. The van der Waals surface area contributed by atoms with Gasteiger partial charge < -0.3 is 40.5 Å². The van der Waals surface area contributed by atoms with Gasteiger partial charge in [0.2, 0.25) is 0 Å². The molecule has 0 rings (SSSR count). The predicted octanol–water partition coefficient (Wildman–Crippen LogP) is -0.0122. The monoisotopic (exact) mass is 490 g/mol. The van der Waals surface area contributed by atoms with E-state index in [4.69, 9.17) is 0 Å². The number of hydrogen-bond acceptors (Lipinski definition) is 0. The first kappa shape index (κ1) is 50.2. The molecule has 0 spiro atoms. The van der Waals surface area contributed by atoms with Gasteiger partial charge in [0, 0.05) is 0 Å². The third kappa shape index (κ3) is 20.9. The van der Waals surface area contributed by atoms with Crippen LogP contribution >= 0.6 is 0 Å². The fourth-order valence-electron chi connectivity index (χ4n) is 0. The molecule has 0 fully saturated rings.